The number of piperidine rings is 1. The lowest BCUT2D eigenvalue weighted by Gasteiger charge is -2.38. The lowest BCUT2D eigenvalue weighted by atomic mass is 9.78. The number of methoxy groups -OCH3 is 2. The predicted molar refractivity (Wildman–Crippen MR) is 83.6 cm³/mol. The van der Waals surface area contributed by atoms with Crippen LogP contribution in [0.2, 0.25) is 0 Å². The number of amides is 2. The molecule has 0 unspecified atom stereocenters. The standard InChI is InChI=1S/C15H29N3O4/c1-18(11-13(19)17-7-4-10-21-2)14(20)15(12-22-3)5-8-16-9-6-15/h16H,4-12H2,1-3H3,(H,17,19). The topological polar surface area (TPSA) is 79.9 Å². The molecule has 128 valence electrons. The monoisotopic (exact) mass is 315 g/mol. The van der Waals surface area contributed by atoms with E-state index < -0.39 is 5.41 Å². The van der Waals surface area contributed by atoms with E-state index in [2.05, 4.69) is 10.6 Å². The predicted octanol–water partition coefficient (Wildman–Crippen LogP) is -0.386. The molecule has 1 saturated heterocycles. The summed E-state index contributed by atoms with van der Waals surface area (Å²) in [7, 11) is 4.92. The minimum atomic E-state index is -0.509. The van der Waals surface area contributed by atoms with Crippen LogP contribution < -0.4 is 10.6 Å². The first-order valence-electron chi connectivity index (χ1n) is 7.76. The Morgan fingerprint density at radius 1 is 1.23 bits per heavy atom. The molecule has 7 heteroatoms. The van der Waals surface area contributed by atoms with E-state index in [1.807, 2.05) is 0 Å². The highest BCUT2D eigenvalue weighted by molar-refractivity contribution is 5.88. The van der Waals surface area contributed by atoms with Crippen molar-refractivity contribution in [3.63, 3.8) is 0 Å². The summed E-state index contributed by atoms with van der Waals surface area (Å²) in [6.07, 6.45) is 2.23. The van der Waals surface area contributed by atoms with Crippen molar-refractivity contribution < 1.29 is 19.1 Å². The number of nitrogens with one attached hydrogen (secondary N) is 2. The molecule has 22 heavy (non-hydrogen) atoms. The highest BCUT2D eigenvalue weighted by Gasteiger charge is 2.41. The van der Waals surface area contributed by atoms with E-state index in [0.717, 1.165) is 32.4 Å². The molecule has 0 radical (unpaired) electrons. The zero-order valence-electron chi connectivity index (χ0n) is 13.9. The van der Waals surface area contributed by atoms with E-state index in [4.69, 9.17) is 9.47 Å². The Morgan fingerprint density at radius 3 is 2.50 bits per heavy atom. The first-order valence-corrected chi connectivity index (χ1v) is 7.76. The minimum absolute atomic E-state index is 0.0112. The average Bonchev–Trinajstić information content (AvgIpc) is 2.52. The Morgan fingerprint density at radius 2 is 1.91 bits per heavy atom. The first-order chi connectivity index (χ1) is 10.6. The van der Waals surface area contributed by atoms with Gasteiger partial charge in [0.15, 0.2) is 0 Å². The molecule has 1 fully saturated rings. The molecule has 0 spiro atoms. The van der Waals surface area contributed by atoms with Crippen LogP contribution in [0, 0.1) is 5.41 Å². The lowest BCUT2D eigenvalue weighted by molar-refractivity contribution is -0.148. The maximum atomic E-state index is 12.7. The van der Waals surface area contributed by atoms with Crippen LogP contribution in [0.25, 0.3) is 0 Å². The van der Waals surface area contributed by atoms with Crippen LogP contribution in [0.4, 0.5) is 0 Å². The summed E-state index contributed by atoms with van der Waals surface area (Å²) in [5.74, 6) is -0.156. The molecule has 2 amide bonds. The Hall–Kier alpha value is -1.18. The number of hydrogen-bond acceptors (Lipinski definition) is 5. The maximum absolute atomic E-state index is 12.7. The molecular formula is C15H29N3O4. The molecule has 1 rings (SSSR count). The number of carbonyl (C=O) groups is 2. The molecule has 0 aromatic heterocycles. The van der Waals surface area contributed by atoms with Crippen molar-refractivity contribution in [1.82, 2.24) is 15.5 Å². The summed E-state index contributed by atoms with van der Waals surface area (Å²) >= 11 is 0. The number of nitrogens with zero attached hydrogens (tertiary/aromatic N) is 1. The second-order valence-corrected chi connectivity index (χ2v) is 5.82. The molecule has 7 nitrogen and oxygen atoms in total. The summed E-state index contributed by atoms with van der Waals surface area (Å²) in [6, 6.07) is 0. The summed E-state index contributed by atoms with van der Waals surface area (Å²) in [5, 5.41) is 6.05. The van der Waals surface area contributed by atoms with Gasteiger partial charge in [0.1, 0.15) is 0 Å². The van der Waals surface area contributed by atoms with Gasteiger partial charge in [0.25, 0.3) is 0 Å². The largest absolute Gasteiger partial charge is 0.385 e. The van der Waals surface area contributed by atoms with Crippen molar-refractivity contribution in [2.75, 3.05) is 60.7 Å². The van der Waals surface area contributed by atoms with Gasteiger partial charge in [-0.3, -0.25) is 9.59 Å². The second-order valence-electron chi connectivity index (χ2n) is 5.82. The highest BCUT2D eigenvalue weighted by atomic mass is 16.5. The van der Waals surface area contributed by atoms with Crippen molar-refractivity contribution >= 4 is 11.8 Å². The minimum Gasteiger partial charge on any atom is -0.385 e. The van der Waals surface area contributed by atoms with Crippen molar-refractivity contribution in [2.24, 2.45) is 5.41 Å². The van der Waals surface area contributed by atoms with Crippen LogP contribution in [-0.4, -0.2) is 77.4 Å². The number of likely N-dealkylation sites (N-methyl/N-ethyl adjacent to an activating group) is 1. The van der Waals surface area contributed by atoms with Crippen molar-refractivity contribution in [3.05, 3.63) is 0 Å². The number of ether oxygens (including phenoxy) is 2. The summed E-state index contributed by atoms with van der Waals surface area (Å²) in [5.41, 5.74) is -0.509. The normalized spacial score (nSPS) is 17.0. The lowest BCUT2D eigenvalue weighted by Crippen LogP contribution is -2.52. The zero-order valence-corrected chi connectivity index (χ0v) is 13.9. The molecule has 1 aliphatic heterocycles. The Balaban J connectivity index is 2.49. The molecule has 1 heterocycles. The quantitative estimate of drug-likeness (QED) is 0.567. The van der Waals surface area contributed by atoms with Crippen molar-refractivity contribution in [1.29, 1.82) is 0 Å². The third-order valence-corrected chi connectivity index (χ3v) is 4.01. The molecule has 1 aliphatic rings. The molecule has 0 aliphatic carbocycles. The van der Waals surface area contributed by atoms with Gasteiger partial charge in [-0.25, -0.2) is 0 Å². The van der Waals surface area contributed by atoms with Gasteiger partial charge in [-0.15, -0.1) is 0 Å². The first kappa shape index (κ1) is 18.9. The van der Waals surface area contributed by atoms with Gasteiger partial charge >= 0.3 is 0 Å². The van der Waals surface area contributed by atoms with E-state index in [-0.39, 0.29) is 18.4 Å². The van der Waals surface area contributed by atoms with Crippen LogP contribution in [0.5, 0.6) is 0 Å². The number of rotatable bonds is 9. The third kappa shape index (κ3) is 5.55. The van der Waals surface area contributed by atoms with Crippen LogP contribution in [0.3, 0.4) is 0 Å². The molecule has 0 bridgehead atoms. The zero-order chi connectivity index (χ0) is 16.4. The van der Waals surface area contributed by atoms with Crippen molar-refractivity contribution in [2.45, 2.75) is 19.3 Å². The van der Waals surface area contributed by atoms with Crippen LogP contribution in [0.15, 0.2) is 0 Å². The fraction of sp³-hybridized carbons (Fsp3) is 0.867. The average molecular weight is 315 g/mol. The molecule has 2 N–H and O–H groups in total. The van der Waals surface area contributed by atoms with Gasteiger partial charge in [-0.1, -0.05) is 0 Å². The van der Waals surface area contributed by atoms with Gasteiger partial charge in [-0.2, -0.15) is 0 Å². The Bertz CT molecular complexity index is 351. The molecular weight excluding hydrogens is 286 g/mol. The third-order valence-electron chi connectivity index (χ3n) is 4.01. The fourth-order valence-electron chi connectivity index (χ4n) is 2.79. The summed E-state index contributed by atoms with van der Waals surface area (Å²) in [6.45, 7) is 3.23. The van der Waals surface area contributed by atoms with Gasteiger partial charge in [0, 0.05) is 34.4 Å². The molecule has 0 saturated carbocycles. The van der Waals surface area contributed by atoms with E-state index in [9.17, 15) is 9.59 Å². The van der Waals surface area contributed by atoms with Crippen molar-refractivity contribution in [3.8, 4) is 0 Å². The Labute approximate surface area is 132 Å². The fourth-order valence-corrected chi connectivity index (χ4v) is 2.79. The van der Waals surface area contributed by atoms with Crippen LogP contribution in [0.1, 0.15) is 19.3 Å². The maximum Gasteiger partial charge on any atom is 0.239 e. The van der Waals surface area contributed by atoms with Gasteiger partial charge in [0.05, 0.1) is 18.6 Å². The van der Waals surface area contributed by atoms with E-state index in [0.29, 0.717) is 19.8 Å². The van der Waals surface area contributed by atoms with E-state index in [1.54, 1.807) is 21.3 Å². The van der Waals surface area contributed by atoms with Gasteiger partial charge < -0.3 is 25.0 Å². The summed E-state index contributed by atoms with van der Waals surface area (Å²) in [4.78, 5) is 26.1. The van der Waals surface area contributed by atoms with Gasteiger partial charge in [0.2, 0.25) is 11.8 Å². The number of carbonyl (C=O) groups excluding carboxylic acids is 2. The highest BCUT2D eigenvalue weighted by Crippen LogP contribution is 2.31. The van der Waals surface area contributed by atoms with Crippen LogP contribution >= 0.6 is 0 Å². The summed E-state index contributed by atoms with van der Waals surface area (Å²) < 4.78 is 10.2. The SMILES string of the molecule is COCCCNC(=O)CN(C)C(=O)C1(COC)CCNCC1. The smallest absolute Gasteiger partial charge is 0.239 e. The molecule has 0 aromatic rings. The van der Waals surface area contributed by atoms with E-state index >= 15 is 0 Å². The van der Waals surface area contributed by atoms with E-state index in [1.165, 1.54) is 4.90 Å². The second kappa shape index (κ2) is 9.76. The Kier molecular flexibility index (Phi) is 8.37. The molecule has 0 atom stereocenters. The molecule has 0 aromatic carbocycles. The number of hydrogen-bond donors (Lipinski definition) is 2. The van der Waals surface area contributed by atoms with Gasteiger partial charge in [-0.05, 0) is 32.4 Å². The van der Waals surface area contributed by atoms with Crippen LogP contribution in [-0.2, 0) is 19.1 Å².